The summed E-state index contributed by atoms with van der Waals surface area (Å²) < 4.78 is 24.5. The Labute approximate surface area is 193 Å². The second kappa shape index (κ2) is 8.57. The molecule has 0 unspecified atom stereocenters. The number of amides is 1. The first kappa shape index (κ1) is 22.9. The lowest BCUT2D eigenvalue weighted by atomic mass is 9.80. The van der Waals surface area contributed by atoms with Gasteiger partial charge in [-0.1, -0.05) is 39.0 Å². The van der Waals surface area contributed by atoms with E-state index in [-0.39, 0.29) is 10.8 Å². The zero-order chi connectivity index (χ0) is 23.1. The van der Waals surface area contributed by atoms with Crippen LogP contribution in [0.5, 0.6) is 0 Å². The van der Waals surface area contributed by atoms with Crippen LogP contribution in [0, 0.1) is 11.3 Å². The van der Waals surface area contributed by atoms with Gasteiger partial charge >= 0.3 is 0 Å². The molecule has 1 saturated heterocycles. The quantitative estimate of drug-likeness (QED) is 0.586. The number of para-hydroxylation sites is 1. The highest BCUT2D eigenvalue weighted by Crippen LogP contribution is 2.34. The van der Waals surface area contributed by atoms with E-state index in [4.69, 9.17) is 5.14 Å². The first-order valence-corrected chi connectivity index (χ1v) is 13.2. The fourth-order valence-corrected chi connectivity index (χ4v) is 6.18. The van der Waals surface area contributed by atoms with Gasteiger partial charge in [-0.3, -0.25) is 4.79 Å². The number of likely N-dealkylation sites (tertiary alicyclic amines) is 1. The molecule has 4 rings (SSSR count). The molecule has 1 amide bonds. The summed E-state index contributed by atoms with van der Waals surface area (Å²) in [5, 5.41) is 6.02. The summed E-state index contributed by atoms with van der Waals surface area (Å²) in [7, 11) is -3.85. The summed E-state index contributed by atoms with van der Waals surface area (Å²) in [6.07, 6.45) is 3.30. The number of thiazole rings is 1. The first-order valence-electron chi connectivity index (χ1n) is 10.8. The second-order valence-electron chi connectivity index (χ2n) is 9.74. The molecule has 1 aliphatic heterocycles. The molecule has 0 bridgehead atoms. The molecule has 1 aliphatic rings. The number of rotatable bonds is 4. The van der Waals surface area contributed by atoms with Crippen molar-refractivity contribution in [1.29, 1.82) is 0 Å². The predicted molar refractivity (Wildman–Crippen MR) is 129 cm³/mol. The molecule has 0 spiro atoms. The third kappa shape index (κ3) is 5.03. The third-order valence-corrected chi connectivity index (χ3v) is 7.88. The van der Waals surface area contributed by atoms with Crippen molar-refractivity contribution >= 4 is 37.5 Å². The molecule has 8 heteroatoms. The van der Waals surface area contributed by atoms with E-state index in [0.717, 1.165) is 36.2 Å². The number of hydrogen-bond donors (Lipinski definition) is 1. The molecule has 1 aromatic heterocycles. The van der Waals surface area contributed by atoms with Gasteiger partial charge in [-0.2, -0.15) is 0 Å². The average Bonchev–Trinajstić information content (AvgIpc) is 3.16. The van der Waals surface area contributed by atoms with Gasteiger partial charge < -0.3 is 4.90 Å². The minimum atomic E-state index is -3.85. The van der Waals surface area contributed by atoms with Gasteiger partial charge in [0.2, 0.25) is 10.0 Å². The summed E-state index contributed by atoms with van der Waals surface area (Å²) in [5.74, 6) is 0.745. The van der Waals surface area contributed by atoms with E-state index >= 15 is 0 Å². The van der Waals surface area contributed by atoms with Gasteiger partial charge in [0.15, 0.2) is 0 Å². The molecule has 0 aliphatic carbocycles. The Bertz CT molecular complexity index is 1230. The number of piperidine rings is 1. The number of carbonyl (C=O) groups is 1. The maximum atomic E-state index is 13.0. The van der Waals surface area contributed by atoms with Crippen LogP contribution in [-0.2, 0) is 10.0 Å². The monoisotopic (exact) mass is 471 g/mol. The Hall–Kier alpha value is -2.29. The molecule has 1 fully saturated rings. The fraction of sp³-hybridized carbons (Fsp3) is 0.417. The summed E-state index contributed by atoms with van der Waals surface area (Å²) in [6, 6.07) is 12.3. The van der Waals surface area contributed by atoms with Gasteiger partial charge in [0.1, 0.15) is 15.4 Å². The minimum Gasteiger partial charge on any atom is -0.339 e. The van der Waals surface area contributed by atoms with E-state index < -0.39 is 10.0 Å². The number of carbonyl (C=O) groups excluding carboxylic acids is 1. The molecule has 2 aromatic carbocycles. The summed E-state index contributed by atoms with van der Waals surface area (Å²) in [6.45, 7) is 8.42. The number of primary sulfonamides is 1. The molecule has 2 heterocycles. The lowest BCUT2D eigenvalue weighted by molar-refractivity contribution is 0.0670. The molecular formula is C24H29N3O3S2. The van der Waals surface area contributed by atoms with Crippen molar-refractivity contribution in [2.45, 2.75) is 44.9 Å². The summed E-state index contributed by atoms with van der Waals surface area (Å²) >= 11 is 1.40. The fourth-order valence-electron chi connectivity index (χ4n) is 4.42. The molecule has 2 N–H and O–H groups in total. The Morgan fingerprint density at radius 1 is 1.12 bits per heavy atom. The zero-order valence-corrected chi connectivity index (χ0v) is 20.3. The summed E-state index contributed by atoms with van der Waals surface area (Å²) in [5.41, 5.74) is 2.21. The standard InChI is InChI=1S/C24H29N3O3S2/c1-24(2,3)15-16-11-13-27(14-12-16)23(28)18-9-7-17(8-10-18)22-26-21-19(31-22)5-4-6-20(21)32(25,29)30/h4-10,16H,11-15H2,1-3H3,(H2,25,29,30). The van der Waals surface area contributed by atoms with Crippen LogP contribution >= 0.6 is 11.3 Å². The van der Waals surface area contributed by atoms with Crippen LogP contribution < -0.4 is 5.14 Å². The highest BCUT2D eigenvalue weighted by molar-refractivity contribution is 7.89. The van der Waals surface area contributed by atoms with E-state index in [1.54, 1.807) is 6.07 Å². The van der Waals surface area contributed by atoms with Gasteiger partial charge in [0, 0.05) is 24.2 Å². The third-order valence-electron chi connectivity index (χ3n) is 5.87. The predicted octanol–water partition coefficient (Wildman–Crippen LogP) is 4.90. The van der Waals surface area contributed by atoms with Gasteiger partial charge in [0.25, 0.3) is 5.91 Å². The minimum absolute atomic E-state index is 0.0270. The normalized spacial score (nSPS) is 15.9. The smallest absolute Gasteiger partial charge is 0.253 e. The van der Waals surface area contributed by atoms with Crippen LogP contribution in [-0.4, -0.2) is 37.3 Å². The van der Waals surface area contributed by atoms with E-state index in [1.807, 2.05) is 35.2 Å². The molecule has 3 aromatic rings. The van der Waals surface area contributed by atoms with Crippen molar-refractivity contribution in [3.05, 3.63) is 48.0 Å². The van der Waals surface area contributed by atoms with Crippen molar-refractivity contribution in [3.8, 4) is 10.6 Å². The molecule has 0 atom stereocenters. The second-order valence-corrected chi connectivity index (χ2v) is 12.3. The largest absolute Gasteiger partial charge is 0.339 e. The number of aromatic nitrogens is 1. The van der Waals surface area contributed by atoms with Crippen molar-refractivity contribution in [3.63, 3.8) is 0 Å². The van der Waals surface area contributed by atoms with Gasteiger partial charge in [0.05, 0.1) is 4.70 Å². The molecule has 0 saturated carbocycles. The van der Waals surface area contributed by atoms with E-state index in [2.05, 4.69) is 25.8 Å². The molecule has 170 valence electrons. The highest BCUT2D eigenvalue weighted by atomic mass is 32.2. The van der Waals surface area contributed by atoms with Crippen molar-refractivity contribution < 1.29 is 13.2 Å². The lowest BCUT2D eigenvalue weighted by Crippen LogP contribution is -2.39. The topological polar surface area (TPSA) is 93.4 Å². The molecule has 6 nitrogen and oxygen atoms in total. The first-order chi connectivity index (χ1) is 15.0. The van der Waals surface area contributed by atoms with Gasteiger partial charge in [-0.05, 0) is 54.9 Å². The van der Waals surface area contributed by atoms with Crippen LogP contribution in [0.15, 0.2) is 47.4 Å². The van der Waals surface area contributed by atoms with Crippen LogP contribution in [0.1, 0.15) is 50.4 Å². The van der Waals surface area contributed by atoms with Crippen molar-refractivity contribution in [2.24, 2.45) is 16.5 Å². The average molecular weight is 472 g/mol. The van der Waals surface area contributed by atoms with Crippen LogP contribution in [0.2, 0.25) is 0 Å². The Balaban J connectivity index is 1.49. The van der Waals surface area contributed by atoms with Crippen LogP contribution in [0.4, 0.5) is 0 Å². The zero-order valence-electron chi connectivity index (χ0n) is 18.7. The van der Waals surface area contributed by atoms with Crippen LogP contribution in [0.3, 0.4) is 0 Å². The number of hydrogen-bond acceptors (Lipinski definition) is 5. The number of benzene rings is 2. The number of nitrogens with two attached hydrogens (primary N) is 1. The maximum Gasteiger partial charge on any atom is 0.253 e. The number of nitrogens with zero attached hydrogens (tertiary/aromatic N) is 2. The lowest BCUT2D eigenvalue weighted by Gasteiger charge is -2.35. The Morgan fingerprint density at radius 3 is 2.38 bits per heavy atom. The molecule has 0 radical (unpaired) electrons. The molecule has 32 heavy (non-hydrogen) atoms. The number of fused-ring (bicyclic) bond motifs is 1. The van der Waals surface area contributed by atoms with Crippen molar-refractivity contribution in [1.82, 2.24) is 9.88 Å². The van der Waals surface area contributed by atoms with Crippen molar-refractivity contribution in [2.75, 3.05) is 13.1 Å². The summed E-state index contributed by atoms with van der Waals surface area (Å²) in [4.78, 5) is 19.5. The molecular weight excluding hydrogens is 442 g/mol. The van der Waals surface area contributed by atoms with E-state index in [0.29, 0.717) is 27.4 Å². The Morgan fingerprint density at radius 2 is 1.78 bits per heavy atom. The van der Waals surface area contributed by atoms with Gasteiger partial charge in [-0.25, -0.2) is 18.5 Å². The SMILES string of the molecule is CC(C)(C)CC1CCN(C(=O)c2ccc(-c3nc4c(S(N)(=O)=O)cccc4s3)cc2)CC1. The van der Waals surface area contributed by atoms with Gasteiger partial charge in [-0.15, -0.1) is 11.3 Å². The van der Waals surface area contributed by atoms with Crippen LogP contribution in [0.25, 0.3) is 20.8 Å². The van der Waals surface area contributed by atoms with E-state index in [1.165, 1.54) is 23.8 Å². The Kier molecular flexibility index (Phi) is 6.13. The number of sulfonamides is 1. The van der Waals surface area contributed by atoms with E-state index in [9.17, 15) is 13.2 Å². The highest BCUT2D eigenvalue weighted by Gasteiger charge is 2.26. The maximum absolute atomic E-state index is 13.0.